The first-order chi connectivity index (χ1) is 18.4. The number of aromatic hydroxyl groups is 1. The van der Waals surface area contributed by atoms with E-state index >= 15 is 0 Å². The molecule has 0 radical (unpaired) electrons. The van der Waals surface area contributed by atoms with Crippen molar-refractivity contribution in [1.82, 2.24) is 0 Å². The van der Waals surface area contributed by atoms with Crippen LogP contribution in [0.3, 0.4) is 0 Å². The van der Waals surface area contributed by atoms with Gasteiger partial charge >= 0.3 is 0 Å². The maximum atomic E-state index is 11.0. The van der Waals surface area contributed by atoms with Crippen LogP contribution in [0.1, 0.15) is 55.2 Å². The van der Waals surface area contributed by atoms with Crippen LogP contribution >= 0.6 is 11.6 Å². The molecule has 2 aliphatic heterocycles. The number of phenols is 1. The highest BCUT2D eigenvalue weighted by Gasteiger charge is 2.83. The van der Waals surface area contributed by atoms with E-state index in [0.29, 0.717) is 25.0 Å². The van der Waals surface area contributed by atoms with Gasteiger partial charge in [-0.3, -0.25) is 0 Å². The van der Waals surface area contributed by atoms with E-state index in [1.807, 2.05) is 37.4 Å². The first-order valence-corrected chi connectivity index (χ1v) is 15.0. The number of piperidine rings is 1. The highest BCUT2D eigenvalue weighted by Crippen LogP contribution is 2.77. The maximum Gasteiger partial charge on any atom is 0.165 e. The topological polar surface area (TPSA) is 47.9 Å². The van der Waals surface area contributed by atoms with Crippen molar-refractivity contribution in [2.45, 2.75) is 74.7 Å². The summed E-state index contributed by atoms with van der Waals surface area (Å²) in [6.45, 7) is 3.72. The van der Waals surface area contributed by atoms with Gasteiger partial charge in [0.1, 0.15) is 11.7 Å². The lowest BCUT2D eigenvalue weighted by atomic mass is 9.34. The van der Waals surface area contributed by atoms with E-state index in [9.17, 15) is 5.11 Å². The minimum atomic E-state index is -0.413. The van der Waals surface area contributed by atoms with Crippen molar-refractivity contribution in [3.05, 3.63) is 58.1 Å². The first-order valence-electron chi connectivity index (χ1n) is 14.6. The van der Waals surface area contributed by atoms with Gasteiger partial charge in [-0.1, -0.05) is 29.8 Å². The molecule has 202 valence electrons. The number of methoxy groups -OCH3 is 1. The summed E-state index contributed by atoms with van der Waals surface area (Å²) in [5.74, 6) is 2.18. The van der Waals surface area contributed by atoms with Crippen molar-refractivity contribution >= 4 is 11.6 Å². The van der Waals surface area contributed by atoms with E-state index in [0.717, 1.165) is 47.9 Å². The second kappa shape index (κ2) is 7.90. The second-order valence-corrected chi connectivity index (χ2v) is 14.0. The van der Waals surface area contributed by atoms with Crippen molar-refractivity contribution in [1.29, 1.82) is 0 Å². The number of nitrogens with zero attached hydrogens (tertiary/aromatic N) is 1. The maximum absolute atomic E-state index is 11.0. The predicted molar refractivity (Wildman–Crippen MR) is 146 cm³/mol. The molecule has 2 aromatic rings. The van der Waals surface area contributed by atoms with Crippen molar-refractivity contribution in [2.75, 3.05) is 33.9 Å². The number of hydrogen-bond acceptors (Lipinski definition) is 4. The molecule has 2 heterocycles. The number of fused-ring (bicyclic) bond motifs is 2. The molecule has 6 heteroatoms. The molecule has 0 amide bonds. The molecule has 7 atom stereocenters. The van der Waals surface area contributed by atoms with E-state index < -0.39 is 5.60 Å². The van der Waals surface area contributed by atoms with Crippen molar-refractivity contribution < 1.29 is 23.8 Å². The quantitative estimate of drug-likeness (QED) is 0.466. The minimum Gasteiger partial charge on any atom is -0.504 e. The number of benzene rings is 2. The lowest BCUT2D eigenvalue weighted by Crippen LogP contribution is -2.83. The summed E-state index contributed by atoms with van der Waals surface area (Å²) in [5.41, 5.74) is 3.52. The molecule has 1 saturated heterocycles. The lowest BCUT2D eigenvalue weighted by molar-refractivity contribution is -0.952. The third-order valence-electron chi connectivity index (χ3n) is 12.0. The molecule has 1 N–H and O–H groups in total. The summed E-state index contributed by atoms with van der Waals surface area (Å²) in [4.78, 5) is 0. The molecule has 4 saturated carbocycles. The molecule has 5 fully saturated rings. The molecule has 7 aliphatic rings. The predicted octanol–water partition coefficient (Wildman–Crippen LogP) is 5.63. The van der Waals surface area contributed by atoms with E-state index in [2.05, 4.69) is 13.1 Å². The number of likely N-dealkylation sites (tertiary alicyclic amines) is 1. The Hall–Kier alpha value is -1.79. The van der Waals surface area contributed by atoms with Gasteiger partial charge in [0, 0.05) is 47.8 Å². The Morgan fingerprint density at radius 1 is 1.11 bits per heavy atom. The van der Waals surface area contributed by atoms with Gasteiger partial charge in [0.2, 0.25) is 0 Å². The van der Waals surface area contributed by atoms with Gasteiger partial charge in [0.15, 0.2) is 11.5 Å². The summed E-state index contributed by atoms with van der Waals surface area (Å²) < 4.78 is 21.2. The Bertz CT molecular complexity index is 1300. The van der Waals surface area contributed by atoms with E-state index in [1.165, 1.54) is 48.0 Å². The number of ether oxygens (including phenoxy) is 3. The molecular weight excluding hydrogens is 498 g/mol. The number of quaternary nitrogens is 1. The van der Waals surface area contributed by atoms with Crippen LogP contribution in [-0.2, 0) is 27.9 Å². The lowest BCUT2D eigenvalue weighted by Gasteiger charge is -2.74. The van der Waals surface area contributed by atoms with Crippen LogP contribution in [0.25, 0.3) is 0 Å². The van der Waals surface area contributed by atoms with Gasteiger partial charge in [-0.2, -0.15) is 0 Å². The Balaban J connectivity index is 1.21. The Morgan fingerprint density at radius 3 is 2.68 bits per heavy atom. The number of phenolic OH excluding ortho intramolecular Hbond substituents is 1. The number of halogens is 1. The molecule has 0 aromatic heterocycles. The van der Waals surface area contributed by atoms with Crippen LogP contribution in [0, 0.1) is 17.3 Å². The summed E-state index contributed by atoms with van der Waals surface area (Å²) in [6.07, 6.45) is 8.19. The Morgan fingerprint density at radius 2 is 1.92 bits per heavy atom. The Labute approximate surface area is 230 Å². The fourth-order valence-electron chi connectivity index (χ4n) is 10.4. The van der Waals surface area contributed by atoms with Crippen LogP contribution < -0.4 is 4.74 Å². The van der Waals surface area contributed by atoms with E-state index in [1.54, 1.807) is 0 Å². The van der Waals surface area contributed by atoms with Crippen LogP contribution in [0.2, 0.25) is 5.02 Å². The van der Waals surface area contributed by atoms with Crippen molar-refractivity contribution in [2.24, 2.45) is 17.3 Å². The highest BCUT2D eigenvalue weighted by molar-refractivity contribution is 6.30. The largest absolute Gasteiger partial charge is 0.504 e. The molecule has 1 unspecified atom stereocenters. The molecular formula is C32H39ClNO4+. The van der Waals surface area contributed by atoms with Gasteiger partial charge < -0.3 is 23.8 Å². The highest BCUT2D eigenvalue weighted by atomic mass is 35.5. The summed E-state index contributed by atoms with van der Waals surface area (Å²) >= 11 is 6.10. The average molecular weight is 537 g/mol. The summed E-state index contributed by atoms with van der Waals surface area (Å²) in [6, 6.07) is 12.6. The zero-order valence-electron chi connectivity index (χ0n) is 22.5. The van der Waals surface area contributed by atoms with Crippen molar-refractivity contribution in [3.63, 3.8) is 0 Å². The van der Waals surface area contributed by atoms with Gasteiger partial charge in [0.25, 0.3) is 0 Å². The molecule has 2 aromatic carbocycles. The molecule has 38 heavy (non-hydrogen) atoms. The monoisotopic (exact) mass is 536 g/mol. The minimum absolute atomic E-state index is 0.0776. The van der Waals surface area contributed by atoms with Crippen LogP contribution in [-0.4, -0.2) is 61.2 Å². The molecule has 5 nitrogen and oxygen atoms in total. The van der Waals surface area contributed by atoms with Gasteiger partial charge in [-0.25, -0.2) is 0 Å². The SMILES string of the molecule is CO[C@]12CC[C@@]3(C[C@@H]1COCc1ccc(Cl)cc1)[C@H]1Cc4ccc(O)c5c4[C@@]3(CC[N+]1(C)CC1CC1)[C@H]2O5. The first kappa shape index (κ1) is 24.0. The number of likely N-dealkylation sites (N-methyl/N-ethyl adjacent to an activating group) is 1. The Kier molecular flexibility index (Phi) is 5.00. The smallest absolute Gasteiger partial charge is 0.165 e. The normalized spacial score (nSPS) is 41.6. The van der Waals surface area contributed by atoms with E-state index in [4.69, 9.17) is 25.8 Å². The zero-order valence-corrected chi connectivity index (χ0v) is 23.3. The third kappa shape index (κ3) is 2.89. The second-order valence-electron chi connectivity index (χ2n) is 13.6. The van der Waals surface area contributed by atoms with E-state index in [-0.39, 0.29) is 22.9 Å². The molecule has 5 aliphatic carbocycles. The standard InChI is InChI=1S/C32H38ClNO4/c1-34(17-20-3-4-20)14-13-31-27-22-7-10-25(35)28(27)38-29(31)32(36-2)12-11-30(31,26(34)15-22)16-23(32)19-37-18-21-5-8-24(33)9-6-21/h5-10,20,23,26,29H,3-4,11-19H2,1-2H3/p+1/t23-,26-,29-,30-,31+,32-,34?/m1/s1. The van der Waals surface area contributed by atoms with Gasteiger partial charge in [-0.15, -0.1) is 0 Å². The zero-order chi connectivity index (χ0) is 25.9. The summed E-state index contributed by atoms with van der Waals surface area (Å²) in [5, 5.41) is 11.8. The van der Waals surface area contributed by atoms with Crippen LogP contribution in [0.4, 0.5) is 0 Å². The van der Waals surface area contributed by atoms with Crippen molar-refractivity contribution in [3.8, 4) is 11.5 Å². The molecule has 2 spiro atoms. The third-order valence-corrected chi connectivity index (χ3v) is 12.3. The average Bonchev–Trinajstić information content (AvgIpc) is 3.64. The number of rotatable bonds is 7. The molecule has 4 bridgehead atoms. The van der Waals surface area contributed by atoms with Crippen LogP contribution in [0.15, 0.2) is 36.4 Å². The fraction of sp³-hybridized carbons (Fsp3) is 0.625. The summed E-state index contributed by atoms with van der Waals surface area (Å²) in [7, 11) is 4.44. The number of hydrogen-bond donors (Lipinski definition) is 1. The van der Waals surface area contributed by atoms with Gasteiger partial charge in [-0.05, 0) is 61.4 Å². The van der Waals surface area contributed by atoms with Crippen LogP contribution in [0.5, 0.6) is 11.5 Å². The van der Waals surface area contributed by atoms with Gasteiger partial charge in [0.05, 0.1) is 44.8 Å². The fourth-order valence-corrected chi connectivity index (χ4v) is 10.5. The molecule has 9 rings (SSSR count).